The number of halogens is 1. The summed E-state index contributed by atoms with van der Waals surface area (Å²) in [6.45, 7) is 4.52. The van der Waals surface area contributed by atoms with Gasteiger partial charge in [0.2, 0.25) is 17.7 Å². The van der Waals surface area contributed by atoms with E-state index in [2.05, 4.69) is 42.2 Å². The molecule has 0 aromatic rings. The van der Waals surface area contributed by atoms with Gasteiger partial charge in [0.1, 0.15) is 12.1 Å². The van der Waals surface area contributed by atoms with E-state index in [1.54, 1.807) is 11.9 Å². The fourth-order valence-corrected chi connectivity index (χ4v) is 6.54. The Labute approximate surface area is 308 Å². The number of ketones is 3. The number of rotatable bonds is 17. The van der Waals surface area contributed by atoms with Gasteiger partial charge >= 0.3 is 0 Å². The maximum atomic E-state index is 13.7. The molecular weight excluding hydrogens is 732 g/mol. The van der Waals surface area contributed by atoms with Crippen LogP contribution in [0.2, 0.25) is 0 Å². The van der Waals surface area contributed by atoms with E-state index in [-0.39, 0.29) is 103 Å². The van der Waals surface area contributed by atoms with E-state index >= 15 is 0 Å². The Hall–Kier alpha value is -2.89. The molecule has 8 N–H and O–H groups in total. The molecule has 1 aliphatic rings. The lowest BCUT2D eigenvalue weighted by Crippen LogP contribution is -2.48. The van der Waals surface area contributed by atoms with E-state index in [0.29, 0.717) is 51.6 Å². The zero-order valence-corrected chi connectivity index (χ0v) is 32.1. The highest BCUT2D eigenvalue weighted by atomic mass is 79.9. The highest BCUT2D eigenvalue weighted by Crippen LogP contribution is 2.20. The van der Waals surface area contributed by atoms with E-state index in [4.69, 9.17) is 11.5 Å². The molecule has 1 rings (SSSR count). The number of likely N-dealkylation sites (N-methyl/N-ethyl adjacent to an activating group) is 1. The van der Waals surface area contributed by atoms with Gasteiger partial charge in [-0.2, -0.15) is 0 Å². The monoisotopic (exact) mass is 788 g/mol. The average molecular weight is 790 g/mol. The molecule has 0 unspecified atom stereocenters. The zero-order valence-electron chi connectivity index (χ0n) is 29.7. The van der Waals surface area contributed by atoms with Crippen molar-refractivity contribution in [2.24, 2.45) is 28.3 Å². The summed E-state index contributed by atoms with van der Waals surface area (Å²) in [5.41, 5.74) is 10.7. The van der Waals surface area contributed by atoms with Crippen LogP contribution in [-0.4, -0.2) is 127 Å². The van der Waals surface area contributed by atoms with Crippen LogP contribution in [0.1, 0.15) is 71.6 Å². The smallest absolute Gasteiger partial charge is 0.230 e. The van der Waals surface area contributed by atoms with Crippen LogP contribution in [0.4, 0.5) is 0 Å². The number of nitrogens with zero attached hydrogens (tertiary/aromatic N) is 2. The van der Waals surface area contributed by atoms with Crippen molar-refractivity contribution < 1.29 is 33.6 Å². The molecule has 5 atom stereocenters. The Morgan fingerprint density at radius 3 is 2.52 bits per heavy atom. The first-order valence-corrected chi connectivity index (χ1v) is 19.6. The van der Waals surface area contributed by atoms with E-state index in [0.717, 1.165) is 6.29 Å². The lowest BCUT2D eigenvalue weighted by molar-refractivity contribution is -0.130. The predicted octanol–water partition coefficient (Wildman–Crippen LogP) is 0.0666. The van der Waals surface area contributed by atoms with Crippen molar-refractivity contribution >= 4 is 75.0 Å². The van der Waals surface area contributed by atoms with Crippen LogP contribution in [0.15, 0.2) is 4.99 Å². The SMILES string of the molecule is CC[C@H](C)[C@@H]1NC(=O)CCNC(=O)CSC[C@@H](C(=O)CN(C)[C@H](C=O)CCCN=C(N)N)NCC(=O)[C@H](CCCCNC(=O)CBr)CCC1=O. The number of nitrogens with two attached hydrogens (primary N) is 2. The first-order valence-electron chi connectivity index (χ1n) is 17.3. The second-order valence-corrected chi connectivity index (χ2v) is 14.3. The Morgan fingerprint density at radius 1 is 1.12 bits per heavy atom. The van der Waals surface area contributed by atoms with E-state index in [9.17, 15) is 33.6 Å². The summed E-state index contributed by atoms with van der Waals surface area (Å²) in [6.07, 6.45) is 4.53. The van der Waals surface area contributed by atoms with Crippen LogP contribution >= 0.6 is 27.7 Å². The van der Waals surface area contributed by atoms with Crippen LogP contribution in [0.5, 0.6) is 0 Å². The quantitative estimate of drug-likeness (QED) is 0.0378. The largest absolute Gasteiger partial charge is 0.370 e. The number of hydrogen-bond acceptors (Lipinski definition) is 11. The Bertz CT molecular complexity index is 1160. The van der Waals surface area contributed by atoms with Gasteiger partial charge in [0, 0.05) is 44.1 Å². The Balaban J connectivity index is 3.15. The minimum atomic E-state index is -0.797. The maximum absolute atomic E-state index is 13.7. The standard InChI is InChI=1S/C33H57BrN8O7S/c1-4-22(2)32-26(44)11-10-23(8-5-6-13-37-30(48)16-34)27(45)17-40-25(20-50-21-31(49)38-15-12-29(47)41-32)28(46)18-42(3)24(19-43)9-7-14-39-33(35)36/h19,22-25,32,40H,4-18,20-21H2,1-3H3,(H,37,48)(H,38,49)(H,41,47)(H4,35,36,39)/t22-,23+,24-,25-,32-/m0/s1. The summed E-state index contributed by atoms with van der Waals surface area (Å²) in [4.78, 5) is 94.9. The predicted molar refractivity (Wildman–Crippen MR) is 199 cm³/mol. The number of guanidine groups is 1. The topological polar surface area (TPSA) is 235 Å². The number of alkyl halides is 1. The summed E-state index contributed by atoms with van der Waals surface area (Å²) in [5.74, 6) is -1.80. The van der Waals surface area contributed by atoms with E-state index < -0.39 is 24.0 Å². The third-order valence-corrected chi connectivity index (χ3v) is 10.2. The maximum Gasteiger partial charge on any atom is 0.230 e. The molecule has 1 saturated heterocycles. The van der Waals surface area contributed by atoms with Gasteiger partial charge in [-0.25, -0.2) is 0 Å². The normalized spacial score (nSPS) is 21.6. The molecule has 0 aliphatic carbocycles. The average Bonchev–Trinajstić information content (AvgIpc) is 3.08. The molecule has 0 radical (unpaired) electrons. The summed E-state index contributed by atoms with van der Waals surface area (Å²) in [5, 5.41) is 11.6. The molecule has 0 aromatic carbocycles. The number of aliphatic imine (C=N–C) groups is 1. The van der Waals surface area contributed by atoms with Gasteiger partial charge in [0.25, 0.3) is 0 Å². The Morgan fingerprint density at radius 2 is 1.86 bits per heavy atom. The van der Waals surface area contributed by atoms with E-state index in [1.807, 2.05) is 13.8 Å². The molecule has 17 heteroatoms. The van der Waals surface area contributed by atoms with Gasteiger partial charge in [-0.05, 0) is 45.1 Å². The number of thioether (sulfide) groups is 1. The summed E-state index contributed by atoms with van der Waals surface area (Å²) >= 11 is 4.33. The molecule has 0 saturated carbocycles. The summed E-state index contributed by atoms with van der Waals surface area (Å²) in [6, 6.07) is -2.06. The first-order chi connectivity index (χ1) is 23.8. The second-order valence-electron chi connectivity index (χ2n) is 12.7. The fraction of sp³-hybridized carbons (Fsp3) is 0.758. The van der Waals surface area contributed by atoms with Crippen LogP contribution in [0.25, 0.3) is 0 Å². The van der Waals surface area contributed by atoms with E-state index in [1.165, 1.54) is 11.8 Å². The second kappa shape index (κ2) is 26.0. The van der Waals surface area contributed by atoms with Gasteiger partial charge in [0.15, 0.2) is 17.5 Å². The number of hydrogen-bond donors (Lipinski definition) is 6. The van der Waals surface area contributed by atoms with Gasteiger partial charge in [0.05, 0.1) is 42.3 Å². The lowest BCUT2D eigenvalue weighted by Gasteiger charge is -2.26. The number of amides is 3. The van der Waals surface area contributed by atoms with Gasteiger partial charge in [-0.3, -0.25) is 44.0 Å². The number of Topliss-reactive ketones (excluding diaryl/α,β-unsaturated/α-hetero) is 3. The van der Waals surface area contributed by atoms with Crippen LogP contribution in [-0.2, 0) is 33.6 Å². The van der Waals surface area contributed by atoms with Gasteiger partial charge in [-0.1, -0.05) is 42.6 Å². The highest BCUT2D eigenvalue weighted by Gasteiger charge is 2.29. The number of carbonyl (C=O) groups excluding carboxylic acids is 7. The van der Waals surface area contributed by atoms with Crippen molar-refractivity contribution in [2.75, 3.05) is 56.6 Å². The molecule has 0 bridgehead atoms. The summed E-state index contributed by atoms with van der Waals surface area (Å²) < 4.78 is 0. The molecule has 15 nitrogen and oxygen atoms in total. The molecule has 0 aromatic heterocycles. The summed E-state index contributed by atoms with van der Waals surface area (Å²) in [7, 11) is 1.67. The number of unbranched alkanes of at least 4 members (excludes halogenated alkanes) is 1. The molecule has 50 heavy (non-hydrogen) atoms. The van der Waals surface area contributed by atoms with Crippen LogP contribution < -0.4 is 32.7 Å². The molecule has 284 valence electrons. The van der Waals surface area contributed by atoms with Crippen molar-refractivity contribution in [1.29, 1.82) is 0 Å². The van der Waals surface area contributed by atoms with Crippen LogP contribution in [0, 0.1) is 11.8 Å². The third kappa shape index (κ3) is 18.9. The molecule has 1 fully saturated rings. The van der Waals surface area contributed by atoms with Crippen molar-refractivity contribution in [3.63, 3.8) is 0 Å². The minimum absolute atomic E-state index is 0.00219. The molecule has 1 aliphatic heterocycles. The van der Waals surface area contributed by atoms with Gasteiger partial charge in [-0.15, -0.1) is 11.8 Å². The third-order valence-electron chi connectivity index (χ3n) is 8.68. The highest BCUT2D eigenvalue weighted by molar-refractivity contribution is 9.09. The molecule has 1 heterocycles. The molecular formula is C33H57BrN8O7S. The zero-order chi connectivity index (χ0) is 37.5. The minimum Gasteiger partial charge on any atom is -0.370 e. The van der Waals surface area contributed by atoms with Crippen LogP contribution in [0.3, 0.4) is 0 Å². The number of carbonyl (C=O) groups is 7. The van der Waals surface area contributed by atoms with Crippen molar-refractivity contribution in [2.45, 2.75) is 89.8 Å². The fourth-order valence-electron chi connectivity index (χ4n) is 5.39. The Kier molecular flexibility index (Phi) is 23.4. The number of aldehydes is 1. The lowest BCUT2D eigenvalue weighted by atomic mass is 9.87. The van der Waals surface area contributed by atoms with Crippen molar-refractivity contribution in [3.8, 4) is 0 Å². The molecule has 0 spiro atoms. The van der Waals surface area contributed by atoms with Crippen molar-refractivity contribution in [3.05, 3.63) is 0 Å². The van der Waals surface area contributed by atoms with Crippen molar-refractivity contribution in [1.82, 2.24) is 26.2 Å². The molecule has 3 amide bonds. The number of nitrogens with one attached hydrogen (secondary N) is 4. The van der Waals surface area contributed by atoms with Gasteiger partial charge < -0.3 is 32.2 Å². The first kappa shape index (κ1) is 45.1.